The first-order valence-corrected chi connectivity index (χ1v) is 4.32. The zero-order valence-corrected chi connectivity index (χ0v) is 8.67. The molecule has 0 saturated carbocycles. The van der Waals surface area contributed by atoms with Crippen LogP contribution in [-0.4, -0.2) is 24.8 Å². The maximum Gasteiger partial charge on any atom is 0.0746 e. The number of nitrogens with one attached hydrogen (secondary N) is 1. The Morgan fingerprint density at radius 1 is 1.45 bits per heavy atom. The Balaban J connectivity index is 0.000001000. The first kappa shape index (κ1) is 11.4. The third kappa shape index (κ3) is 3.56. The van der Waals surface area contributed by atoms with E-state index in [1.54, 1.807) is 0 Å². The molecule has 0 unspecified atom stereocenters. The van der Waals surface area contributed by atoms with Gasteiger partial charge in [-0.15, -0.1) is 12.4 Å². The molecule has 1 aliphatic rings. The van der Waals surface area contributed by atoms with E-state index in [9.17, 15) is 0 Å². The van der Waals surface area contributed by atoms with E-state index in [1.807, 2.05) is 0 Å². The summed E-state index contributed by atoms with van der Waals surface area (Å²) in [6.45, 7) is 2.24. The third-order valence-electron chi connectivity index (χ3n) is 1.73. The van der Waals surface area contributed by atoms with Crippen molar-refractivity contribution in [3.05, 3.63) is 10.1 Å². The van der Waals surface area contributed by atoms with Crippen LogP contribution in [0.15, 0.2) is 10.1 Å². The molecule has 11 heavy (non-hydrogen) atoms. The lowest BCUT2D eigenvalue weighted by Crippen LogP contribution is -2.23. The maximum absolute atomic E-state index is 8.76. The Morgan fingerprint density at radius 2 is 2.00 bits per heavy atom. The van der Waals surface area contributed by atoms with Crippen LogP contribution >= 0.6 is 28.3 Å². The van der Waals surface area contributed by atoms with Crippen molar-refractivity contribution in [3.8, 4) is 0 Å². The molecule has 66 valence electrons. The van der Waals surface area contributed by atoms with Crippen LogP contribution in [0, 0.1) is 0 Å². The summed E-state index contributed by atoms with van der Waals surface area (Å²) in [5.41, 5.74) is 1.36. The topological polar surface area (TPSA) is 32.3 Å². The molecule has 0 aromatic heterocycles. The van der Waals surface area contributed by atoms with Gasteiger partial charge in [0.25, 0.3) is 0 Å². The van der Waals surface area contributed by atoms with E-state index in [1.165, 1.54) is 5.57 Å². The highest BCUT2D eigenvalue weighted by atomic mass is 79.9. The molecule has 4 heteroatoms. The van der Waals surface area contributed by atoms with Gasteiger partial charge in [-0.25, -0.2) is 0 Å². The van der Waals surface area contributed by atoms with Gasteiger partial charge in [-0.05, 0) is 25.9 Å². The Kier molecular flexibility index (Phi) is 6.24. The lowest BCUT2D eigenvalue weighted by molar-refractivity contribution is 0.338. The van der Waals surface area contributed by atoms with Crippen molar-refractivity contribution in [3.63, 3.8) is 0 Å². The maximum atomic E-state index is 8.76. The molecule has 1 heterocycles. The summed E-state index contributed by atoms with van der Waals surface area (Å²) < 4.78 is 0.981. The predicted octanol–water partition coefficient (Wildman–Crippen LogP) is 1.43. The summed E-state index contributed by atoms with van der Waals surface area (Å²) in [5, 5.41) is 12.0. The third-order valence-corrected chi connectivity index (χ3v) is 2.54. The van der Waals surface area contributed by atoms with Crippen molar-refractivity contribution in [2.24, 2.45) is 0 Å². The van der Waals surface area contributed by atoms with E-state index in [-0.39, 0.29) is 19.0 Å². The van der Waals surface area contributed by atoms with Gasteiger partial charge < -0.3 is 10.4 Å². The molecule has 0 aliphatic carbocycles. The Morgan fingerprint density at radius 3 is 2.45 bits per heavy atom. The van der Waals surface area contributed by atoms with Crippen LogP contribution in [0.4, 0.5) is 0 Å². The predicted molar refractivity (Wildman–Crippen MR) is 52.4 cm³/mol. The van der Waals surface area contributed by atoms with E-state index in [0.29, 0.717) is 0 Å². The van der Waals surface area contributed by atoms with Gasteiger partial charge in [-0.1, -0.05) is 21.5 Å². The Hall–Kier alpha value is 0.430. The van der Waals surface area contributed by atoms with E-state index in [0.717, 1.165) is 30.4 Å². The van der Waals surface area contributed by atoms with Crippen LogP contribution < -0.4 is 5.32 Å². The minimum atomic E-state index is 0. The van der Waals surface area contributed by atoms with Crippen LogP contribution in [0.5, 0.6) is 0 Å². The minimum Gasteiger partial charge on any atom is -0.391 e. The Labute approximate surface area is 81.6 Å². The van der Waals surface area contributed by atoms with Gasteiger partial charge >= 0.3 is 0 Å². The van der Waals surface area contributed by atoms with E-state index in [2.05, 4.69) is 21.2 Å². The standard InChI is InChI=1S/C7H12BrNO.ClH/c8-7(5-10)6-1-3-9-4-2-6;/h9-10H,1-5H2;1H. The lowest BCUT2D eigenvalue weighted by Gasteiger charge is -2.16. The number of halogens is 2. The van der Waals surface area contributed by atoms with Crippen molar-refractivity contribution in [1.29, 1.82) is 0 Å². The van der Waals surface area contributed by atoms with Crippen LogP contribution in [0.1, 0.15) is 12.8 Å². The quantitative estimate of drug-likeness (QED) is 0.729. The number of hydrogen-bond acceptors (Lipinski definition) is 2. The highest BCUT2D eigenvalue weighted by Crippen LogP contribution is 2.19. The average molecular weight is 243 g/mol. The summed E-state index contributed by atoms with van der Waals surface area (Å²) in [6, 6.07) is 0. The average Bonchev–Trinajstić information content (AvgIpc) is 2.05. The fraction of sp³-hybridized carbons (Fsp3) is 0.714. The van der Waals surface area contributed by atoms with Gasteiger partial charge in [0.15, 0.2) is 0 Å². The van der Waals surface area contributed by atoms with Crippen molar-refractivity contribution in [2.75, 3.05) is 19.7 Å². The second kappa shape index (κ2) is 6.00. The van der Waals surface area contributed by atoms with Crippen molar-refractivity contribution < 1.29 is 5.11 Å². The van der Waals surface area contributed by atoms with Crippen molar-refractivity contribution in [2.45, 2.75) is 12.8 Å². The summed E-state index contributed by atoms with van der Waals surface area (Å²) in [4.78, 5) is 0. The monoisotopic (exact) mass is 241 g/mol. The normalized spacial score (nSPS) is 17.5. The lowest BCUT2D eigenvalue weighted by atomic mass is 10.1. The SMILES string of the molecule is Cl.OCC(Br)=C1CCNCC1. The molecule has 1 saturated heterocycles. The van der Waals surface area contributed by atoms with Gasteiger partial charge in [-0.3, -0.25) is 0 Å². The van der Waals surface area contributed by atoms with Crippen molar-refractivity contribution >= 4 is 28.3 Å². The van der Waals surface area contributed by atoms with E-state index >= 15 is 0 Å². The molecular formula is C7H13BrClNO. The summed E-state index contributed by atoms with van der Waals surface area (Å²) in [7, 11) is 0. The van der Waals surface area contributed by atoms with Gasteiger partial charge in [-0.2, -0.15) is 0 Å². The molecule has 0 spiro atoms. The number of aliphatic hydroxyl groups is 1. The molecule has 0 aromatic rings. The first-order valence-electron chi connectivity index (χ1n) is 3.52. The molecule has 1 rings (SSSR count). The molecule has 1 fully saturated rings. The first-order chi connectivity index (χ1) is 4.84. The molecule has 2 N–H and O–H groups in total. The summed E-state index contributed by atoms with van der Waals surface area (Å²) in [6.07, 6.45) is 2.14. The molecule has 0 amide bonds. The van der Waals surface area contributed by atoms with Gasteiger partial charge in [0.2, 0.25) is 0 Å². The van der Waals surface area contributed by atoms with E-state index in [4.69, 9.17) is 5.11 Å². The number of aliphatic hydroxyl groups excluding tert-OH is 1. The van der Waals surface area contributed by atoms with Crippen LogP contribution in [0.2, 0.25) is 0 Å². The molecular weight excluding hydrogens is 229 g/mol. The Bertz CT molecular complexity index is 141. The highest BCUT2D eigenvalue weighted by molar-refractivity contribution is 9.11. The largest absolute Gasteiger partial charge is 0.391 e. The molecule has 2 nitrogen and oxygen atoms in total. The fourth-order valence-electron chi connectivity index (χ4n) is 1.11. The number of hydrogen-bond donors (Lipinski definition) is 2. The zero-order valence-electron chi connectivity index (χ0n) is 6.27. The van der Waals surface area contributed by atoms with Crippen molar-refractivity contribution in [1.82, 2.24) is 5.32 Å². The molecule has 0 bridgehead atoms. The molecule has 0 atom stereocenters. The van der Waals surface area contributed by atoms with Crippen LogP contribution in [0.3, 0.4) is 0 Å². The van der Waals surface area contributed by atoms with E-state index < -0.39 is 0 Å². The van der Waals surface area contributed by atoms with Crippen LogP contribution in [-0.2, 0) is 0 Å². The van der Waals surface area contributed by atoms with Crippen LogP contribution in [0.25, 0.3) is 0 Å². The zero-order chi connectivity index (χ0) is 7.40. The van der Waals surface area contributed by atoms with Gasteiger partial charge in [0, 0.05) is 4.48 Å². The summed E-state index contributed by atoms with van der Waals surface area (Å²) >= 11 is 3.34. The van der Waals surface area contributed by atoms with Gasteiger partial charge in [0.1, 0.15) is 0 Å². The molecule has 0 radical (unpaired) electrons. The smallest absolute Gasteiger partial charge is 0.0746 e. The fourth-order valence-corrected chi connectivity index (χ4v) is 1.51. The second-order valence-corrected chi connectivity index (χ2v) is 3.37. The number of piperidine rings is 1. The molecule has 1 aliphatic heterocycles. The minimum absolute atomic E-state index is 0. The number of rotatable bonds is 1. The van der Waals surface area contributed by atoms with Gasteiger partial charge in [0.05, 0.1) is 6.61 Å². The molecule has 0 aromatic carbocycles. The highest BCUT2D eigenvalue weighted by Gasteiger charge is 2.07. The second-order valence-electron chi connectivity index (χ2n) is 2.42. The summed E-state index contributed by atoms with van der Waals surface area (Å²) in [5.74, 6) is 0.